The average molecular weight is 276 g/mol. The Hall–Kier alpha value is -2.13. The average Bonchev–Trinajstić information content (AvgIpc) is 2.41. The van der Waals surface area contributed by atoms with Gasteiger partial charge in [0, 0.05) is 12.1 Å². The van der Waals surface area contributed by atoms with Crippen LogP contribution in [0.2, 0.25) is 0 Å². The van der Waals surface area contributed by atoms with Crippen molar-refractivity contribution in [2.24, 2.45) is 0 Å². The molecule has 108 valence electrons. The molecule has 1 heterocycles. The number of nitrogens with zero attached hydrogens (tertiary/aromatic N) is 2. The van der Waals surface area contributed by atoms with Gasteiger partial charge in [0.2, 0.25) is 0 Å². The number of hydrogen-bond donors (Lipinski definition) is 2. The minimum atomic E-state index is -0.329. The molecule has 0 radical (unpaired) electrons. The van der Waals surface area contributed by atoms with Gasteiger partial charge in [-0.1, -0.05) is 0 Å². The predicted molar refractivity (Wildman–Crippen MR) is 74.9 cm³/mol. The van der Waals surface area contributed by atoms with E-state index in [1.54, 1.807) is 12.3 Å². The lowest BCUT2D eigenvalue weighted by Crippen LogP contribution is -2.35. The maximum Gasteiger partial charge on any atom is 0.258 e. The first-order valence-corrected chi connectivity index (χ1v) is 6.37. The molecule has 0 aliphatic heterocycles. The third-order valence-corrected chi connectivity index (χ3v) is 2.33. The van der Waals surface area contributed by atoms with E-state index in [0.29, 0.717) is 12.3 Å². The summed E-state index contributed by atoms with van der Waals surface area (Å²) in [6, 6.07) is 5.44. The molecule has 20 heavy (non-hydrogen) atoms. The van der Waals surface area contributed by atoms with Gasteiger partial charge >= 0.3 is 0 Å². The number of carbonyl (C=O) groups excluding carboxylic acids is 1. The Morgan fingerprint density at radius 2 is 2.20 bits per heavy atom. The fraction of sp³-hybridized carbons (Fsp3) is 0.500. The zero-order valence-electron chi connectivity index (χ0n) is 12.1. The van der Waals surface area contributed by atoms with E-state index in [9.17, 15) is 4.79 Å². The number of rotatable bonds is 6. The van der Waals surface area contributed by atoms with E-state index in [1.807, 2.05) is 12.1 Å². The first kappa shape index (κ1) is 15.9. The predicted octanol–water partition coefficient (Wildman–Crippen LogP) is 0.988. The smallest absolute Gasteiger partial charge is 0.258 e. The second-order valence-electron chi connectivity index (χ2n) is 5.31. The van der Waals surface area contributed by atoms with Crippen LogP contribution in [-0.4, -0.2) is 29.6 Å². The minimum Gasteiger partial charge on any atom is -0.482 e. The van der Waals surface area contributed by atoms with Crippen LogP contribution in [0.4, 0.5) is 0 Å². The third-order valence-electron chi connectivity index (χ3n) is 2.33. The van der Waals surface area contributed by atoms with Gasteiger partial charge < -0.3 is 15.4 Å². The van der Waals surface area contributed by atoms with Crippen molar-refractivity contribution in [3.8, 4) is 11.8 Å². The molecule has 0 unspecified atom stereocenters. The van der Waals surface area contributed by atoms with Crippen LogP contribution in [0.25, 0.3) is 0 Å². The highest BCUT2D eigenvalue weighted by atomic mass is 16.5. The maximum atomic E-state index is 11.2. The molecular weight excluding hydrogens is 256 g/mol. The SMILES string of the molecule is CC(C)(C)NCc1ccc(OCC(=O)NCC#N)cn1. The van der Waals surface area contributed by atoms with E-state index in [1.165, 1.54) is 0 Å². The van der Waals surface area contributed by atoms with Crippen LogP contribution < -0.4 is 15.4 Å². The molecule has 2 N–H and O–H groups in total. The first-order chi connectivity index (χ1) is 9.40. The Balaban J connectivity index is 2.39. The molecule has 6 nitrogen and oxygen atoms in total. The quantitative estimate of drug-likeness (QED) is 0.757. The van der Waals surface area contributed by atoms with Crippen molar-refractivity contribution >= 4 is 5.91 Å². The van der Waals surface area contributed by atoms with Gasteiger partial charge in [0.05, 0.1) is 18.0 Å². The van der Waals surface area contributed by atoms with Gasteiger partial charge in [-0.3, -0.25) is 9.78 Å². The van der Waals surface area contributed by atoms with Crippen molar-refractivity contribution in [1.82, 2.24) is 15.6 Å². The molecule has 1 aromatic rings. The van der Waals surface area contributed by atoms with E-state index in [2.05, 4.69) is 36.4 Å². The number of nitriles is 1. The van der Waals surface area contributed by atoms with Crippen molar-refractivity contribution < 1.29 is 9.53 Å². The molecule has 1 aromatic heterocycles. The number of carbonyl (C=O) groups is 1. The lowest BCUT2D eigenvalue weighted by Gasteiger charge is -2.20. The van der Waals surface area contributed by atoms with Crippen LogP contribution in [0, 0.1) is 11.3 Å². The summed E-state index contributed by atoms with van der Waals surface area (Å²) in [6.07, 6.45) is 1.58. The summed E-state index contributed by atoms with van der Waals surface area (Å²) < 4.78 is 5.26. The lowest BCUT2D eigenvalue weighted by molar-refractivity contribution is -0.122. The molecule has 0 saturated heterocycles. The fourth-order valence-corrected chi connectivity index (χ4v) is 1.29. The Labute approximate surface area is 119 Å². The zero-order valence-corrected chi connectivity index (χ0v) is 12.1. The van der Waals surface area contributed by atoms with Crippen LogP contribution in [-0.2, 0) is 11.3 Å². The van der Waals surface area contributed by atoms with Crippen molar-refractivity contribution in [3.63, 3.8) is 0 Å². The van der Waals surface area contributed by atoms with Crippen LogP contribution >= 0.6 is 0 Å². The number of amides is 1. The monoisotopic (exact) mass is 276 g/mol. The van der Waals surface area contributed by atoms with Gasteiger partial charge in [0.1, 0.15) is 12.3 Å². The topological polar surface area (TPSA) is 87.0 Å². The van der Waals surface area contributed by atoms with Crippen molar-refractivity contribution in [2.75, 3.05) is 13.2 Å². The van der Waals surface area contributed by atoms with Crippen LogP contribution in [0.15, 0.2) is 18.3 Å². The molecule has 0 saturated carbocycles. The Kier molecular flexibility index (Phi) is 5.94. The normalized spacial score (nSPS) is 10.7. The number of hydrogen-bond acceptors (Lipinski definition) is 5. The van der Waals surface area contributed by atoms with E-state index >= 15 is 0 Å². The molecule has 0 aliphatic carbocycles. The van der Waals surface area contributed by atoms with Gasteiger partial charge in [-0.25, -0.2) is 0 Å². The van der Waals surface area contributed by atoms with E-state index in [-0.39, 0.29) is 24.6 Å². The number of aromatic nitrogens is 1. The highest BCUT2D eigenvalue weighted by Gasteiger charge is 2.09. The van der Waals surface area contributed by atoms with E-state index in [4.69, 9.17) is 10.00 Å². The minimum absolute atomic E-state index is 0.0160. The second kappa shape index (κ2) is 7.46. The highest BCUT2D eigenvalue weighted by molar-refractivity contribution is 5.77. The standard InChI is InChI=1S/C14H20N4O2/c1-14(2,3)18-8-11-4-5-12(9-17-11)20-10-13(19)16-7-6-15/h4-5,9,18H,7-8,10H2,1-3H3,(H,16,19). The van der Waals surface area contributed by atoms with Gasteiger partial charge in [0.15, 0.2) is 6.61 Å². The summed E-state index contributed by atoms with van der Waals surface area (Å²) in [7, 11) is 0. The Morgan fingerprint density at radius 1 is 1.45 bits per heavy atom. The van der Waals surface area contributed by atoms with E-state index in [0.717, 1.165) is 5.69 Å². The summed E-state index contributed by atoms with van der Waals surface area (Å²) in [6.45, 7) is 6.80. The molecule has 0 atom stereocenters. The molecule has 0 aromatic carbocycles. The van der Waals surface area contributed by atoms with Gasteiger partial charge in [-0.05, 0) is 32.9 Å². The van der Waals surface area contributed by atoms with Crippen LogP contribution in [0.3, 0.4) is 0 Å². The fourth-order valence-electron chi connectivity index (χ4n) is 1.29. The molecule has 0 fully saturated rings. The Bertz CT molecular complexity index is 471. The summed E-state index contributed by atoms with van der Waals surface area (Å²) in [4.78, 5) is 15.5. The maximum absolute atomic E-state index is 11.2. The number of nitrogens with one attached hydrogen (secondary N) is 2. The van der Waals surface area contributed by atoms with Gasteiger partial charge in [0.25, 0.3) is 5.91 Å². The Morgan fingerprint density at radius 3 is 2.75 bits per heavy atom. The molecular formula is C14H20N4O2. The zero-order chi connectivity index (χ0) is 15.0. The molecule has 0 bridgehead atoms. The summed E-state index contributed by atoms with van der Waals surface area (Å²) >= 11 is 0. The number of ether oxygens (including phenoxy) is 1. The van der Waals surface area contributed by atoms with Gasteiger partial charge in [-0.2, -0.15) is 5.26 Å². The summed E-state index contributed by atoms with van der Waals surface area (Å²) in [5.74, 6) is 0.196. The number of pyridine rings is 1. The second-order valence-corrected chi connectivity index (χ2v) is 5.31. The highest BCUT2D eigenvalue weighted by Crippen LogP contribution is 2.09. The molecule has 6 heteroatoms. The molecule has 0 aliphatic rings. The molecule has 1 amide bonds. The first-order valence-electron chi connectivity index (χ1n) is 6.37. The van der Waals surface area contributed by atoms with Crippen LogP contribution in [0.1, 0.15) is 26.5 Å². The lowest BCUT2D eigenvalue weighted by atomic mass is 10.1. The molecule has 0 spiro atoms. The summed E-state index contributed by atoms with van der Waals surface area (Å²) in [5, 5.41) is 14.0. The van der Waals surface area contributed by atoms with Crippen molar-refractivity contribution in [1.29, 1.82) is 5.26 Å². The molecule has 1 rings (SSSR count). The van der Waals surface area contributed by atoms with Gasteiger partial charge in [-0.15, -0.1) is 0 Å². The van der Waals surface area contributed by atoms with Crippen molar-refractivity contribution in [3.05, 3.63) is 24.0 Å². The largest absolute Gasteiger partial charge is 0.482 e. The van der Waals surface area contributed by atoms with Crippen molar-refractivity contribution in [2.45, 2.75) is 32.9 Å². The van der Waals surface area contributed by atoms with E-state index < -0.39 is 0 Å². The third kappa shape index (κ3) is 6.71. The summed E-state index contributed by atoms with van der Waals surface area (Å²) in [5.41, 5.74) is 0.941. The van der Waals surface area contributed by atoms with Crippen LogP contribution in [0.5, 0.6) is 5.75 Å².